The second kappa shape index (κ2) is 9.67. The standard InChI is InChI=1S/C21H28N2O3S/c1-17(2)13-14-22-21(24)16-23(15-19-11-9-18(3)10-12-19)27(25,26)20-7-5-4-6-8-20/h4-12,17H,13-16H2,1-3H3,(H,22,24). The third kappa shape index (κ3) is 6.48. The van der Waals surface area contributed by atoms with Gasteiger partial charge in [-0.15, -0.1) is 0 Å². The Morgan fingerprint density at radius 1 is 1.04 bits per heavy atom. The van der Waals surface area contributed by atoms with Crippen molar-refractivity contribution in [2.75, 3.05) is 13.1 Å². The zero-order chi connectivity index (χ0) is 19.9. The number of hydrogen-bond acceptors (Lipinski definition) is 3. The van der Waals surface area contributed by atoms with Crippen molar-refractivity contribution in [2.24, 2.45) is 5.92 Å². The molecule has 0 fully saturated rings. The van der Waals surface area contributed by atoms with E-state index >= 15 is 0 Å². The Morgan fingerprint density at radius 3 is 2.26 bits per heavy atom. The van der Waals surface area contributed by atoms with E-state index in [1.54, 1.807) is 30.3 Å². The minimum absolute atomic E-state index is 0.148. The van der Waals surface area contributed by atoms with Gasteiger partial charge in [-0.2, -0.15) is 4.31 Å². The van der Waals surface area contributed by atoms with Gasteiger partial charge in [0.1, 0.15) is 0 Å². The third-order valence-electron chi connectivity index (χ3n) is 4.22. The van der Waals surface area contributed by atoms with Crippen molar-refractivity contribution in [2.45, 2.75) is 38.6 Å². The predicted molar refractivity (Wildman–Crippen MR) is 108 cm³/mol. The molecule has 0 heterocycles. The molecule has 0 saturated carbocycles. The van der Waals surface area contributed by atoms with Gasteiger partial charge in [-0.1, -0.05) is 61.9 Å². The summed E-state index contributed by atoms with van der Waals surface area (Å²) in [6.45, 7) is 6.62. The Hall–Kier alpha value is -2.18. The number of benzene rings is 2. The second-order valence-electron chi connectivity index (χ2n) is 7.10. The summed E-state index contributed by atoms with van der Waals surface area (Å²) < 4.78 is 27.4. The van der Waals surface area contributed by atoms with Crippen LogP contribution in [0.1, 0.15) is 31.4 Å². The number of nitrogens with zero attached hydrogens (tertiary/aromatic N) is 1. The molecule has 0 radical (unpaired) electrons. The maximum atomic E-state index is 13.1. The van der Waals surface area contributed by atoms with Gasteiger partial charge < -0.3 is 5.32 Å². The fraction of sp³-hybridized carbons (Fsp3) is 0.381. The van der Waals surface area contributed by atoms with Crippen LogP contribution in [0, 0.1) is 12.8 Å². The van der Waals surface area contributed by atoms with Crippen LogP contribution < -0.4 is 5.32 Å². The highest BCUT2D eigenvalue weighted by atomic mass is 32.2. The van der Waals surface area contributed by atoms with Gasteiger partial charge in [0.05, 0.1) is 11.4 Å². The molecule has 0 spiro atoms. The molecule has 0 aromatic heterocycles. The van der Waals surface area contributed by atoms with Crippen LogP contribution in [0.25, 0.3) is 0 Å². The lowest BCUT2D eigenvalue weighted by molar-refractivity contribution is -0.121. The summed E-state index contributed by atoms with van der Waals surface area (Å²) >= 11 is 0. The smallest absolute Gasteiger partial charge is 0.243 e. The van der Waals surface area contributed by atoms with E-state index < -0.39 is 10.0 Å². The summed E-state index contributed by atoms with van der Waals surface area (Å²) in [7, 11) is -3.77. The zero-order valence-electron chi connectivity index (χ0n) is 16.2. The first-order chi connectivity index (χ1) is 12.8. The normalized spacial score (nSPS) is 11.7. The van der Waals surface area contributed by atoms with Crippen molar-refractivity contribution in [1.82, 2.24) is 9.62 Å². The molecule has 0 aliphatic carbocycles. The summed E-state index contributed by atoms with van der Waals surface area (Å²) in [6, 6.07) is 15.9. The van der Waals surface area contributed by atoms with Crippen LogP contribution >= 0.6 is 0 Å². The van der Waals surface area contributed by atoms with Crippen LogP contribution in [0.4, 0.5) is 0 Å². The summed E-state index contributed by atoms with van der Waals surface area (Å²) in [5.41, 5.74) is 1.94. The van der Waals surface area contributed by atoms with Crippen molar-refractivity contribution in [3.63, 3.8) is 0 Å². The number of carbonyl (C=O) groups is 1. The Bertz CT molecular complexity index is 831. The first-order valence-electron chi connectivity index (χ1n) is 9.16. The van der Waals surface area contributed by atoms with E-state index in [-0.39, 0.29) is 23.9 Å². The van der Waals surface area contributed by atoms with E-state index in [1.807, 2.05) is 31.2 Å². The molecule has 2 aromatic carbocycles. The van der Waals surface area contributed by atoms with Crippen molar-refractivity contribution >= 4 is 15.9 Å². The van der Waals surface area contributed by atoms with Gasteiger partial charge in [0.15, 0.2) is 0 Å². The van der Waals surface area contributed by atoms with Crippen LogP contribution in [0.2, 0.25) is 0 Å². The van der Waals surface area contributed by atoms with Gasteiger partial charge in [-0.3, -0.25) is 4.79 Å². The van der Waals surface area contributed by atoms with Crippen molar-refractivity contribution in [3.8, 4) is 0 Å². The Kier molecular flexibility index (Phi) is 7.56. The predicted octanol–water partition coefficient (Wildman–Crippen LogP) is 3.35. The first-order valence-corrected chi connectivity index (χ1v) is 10.6. The number of hydrogen-bond donors (Lipinski definition) is 1. The number of sulfonamides is 1. The van der Waals surface area contributed by atoms with E-state index in [4.69, 9.17) is 0 Å². The summed E-state index contributed by atoms with van der Waals surface area (Å²) in [4.78, 5) is 12.5. The number of nitrogens with one attached hydrogen (secondary N) is 1. The molecule has 2 aromatic rings. The molecule has 146 valence electrons. The van der Waals surface area contributed by atoms with Gasteiger partial charge in [-0.25, -0.2) is 8.42 Å². The summed E-state index contributed by atoms with van der Waals surface area (Å²) in [5.74, 6) is 0.185. The molecule has 1 N–H and O–H groups in total. The van der Waals surface area contributed by atoms with Gasteiger partial charge in [0, 0.05) is 13.1 Å². The fourth-order valence-corrected chi connectivity index (χ4v) is 3.99. The topological polar surface area (TPSA) is 66.5 Å². The molecule has 1 amide bonds. The molecule has 5 nitrogen and oxygen atoms in total. The Balaban J connectivity index is 2.20. The van der Waals surface area contributed by atoms with Gasteiger partial charge >= 0.3 is 0 Å². The van der Waals surface area contributed by atoms with Gasteiger partial charge in [-0.05, 0) is 37.0 Å². The van der Waals surface area contributed by atoms with Crippen molar-refractivity contribution < 1.29 is 13.2 Å². The molecule has 6 heteroatoms. The van der Waals surface area contributed by atoms with Crippen LogP contribution in [0.5, 0.6) is 0 Å². The summed E-state index contributed by atoms with van der Waals surface area (Å²) in [5, 5.41) is 2.82. The molecule has 0 atom stereocenters. The maximum absolute atomic E-state index is 13.1. The molecule has 2 rings (SSSR count). The van der Waals surface area contributed by atoms with Gasteiger partial charge in [0.2, 0.25) is 15.9 Å². The monoisotopic (exact) mass is 388 g/mol. The highest BCUT2D eigenvalue weighted by Gasteiger charge is 2.26. The number of carbonyl (C=O) groups excluding carboxylic acids is 1. The van der Waals surface area contributed by atoms with E-state index in [1.165, 1.54) is 4.31 Å². The number of amides is 1. The molecule has 0 aliphatic rings. The quantitative estimate of drug-likeness (QED) is 0.716. The lowest BCUT2D eigenvalue weighted by Crippen LogP contribution is -2.40. The minimum Gasteiger partial charge on any atom is -0.355 e. The van der Waals surface area contributed by atoms with Crippen LogP contribution in [0.15, 0.2) is 59.5 Å². The first kappa shape index (κ1) is 21.1. The Morgan fingerprint density at radius 2 is 1.67 bits per heavy atom. The third-order valence-corrected chi connectivity index (χ3v) is 6.03. The van der Waals surface area contributed by atoms with Crippen molar-refractivity contribution in [1.29, 1.82) is 0 Å². The Labute approximate surface area is 162 Å². The lowest BCUT2D eigenvalue weighted by Gasteiger charge is -2.22. The average Bonchev–Trinajstić information content (AvgIpc) is 2.63. The fourth-order valence-electron chi connectivity index (χ4n) is 2.58. The van der Waals surface area contributed by atoms with Crippen LogP contribution in [-0.2, 0) is 21.4 Å². The van der Waals surface area contributed by atoms with Crippen LogP contribution in [0.3, 0.4) is 0 Å². The van der Waals surface area contributed by atoms with E-state index in [2.05, 4.69) is 19.2 Å². The number of rotatable bonds is 9. The summed E-state index contributed by atoms with van der Waals surface area (Å²) in [6.07, 6.45) is 0.856. The highest BCUT2D eigenvalue weighted by molar-refractivity contribution is 7.89. The highest BCUT2D eigenvalue weighted by Crippen LogP contribution is 2.18. The molecule has 0 unspecified atom stereocenters. The van der Waals surface area contributed by atoms with Gasteiger partial charge in [0.25, 0.3) is 0 Å². The van der Waals surface area contributed by atoms with E-state index in [0.29, 0.717) is 12.5 Å². The van der Waals surface area contributed by atoms with E-state index in [0.717, 1.165) is 17.5 Å². The molecular weight excluding hydrogens is 360 g/mol. The average molecular weight is 389 g/mol. The van der Waals surface area contributed by atoms with Crippen LogP contribution in [-0.4, -0.2) is 31.7 Å². The zero-order valence-corrected chi connectivity index (χ0v) is 17.0. The largest absolute Gasteiger partial charge is 0.355 e. The molecule has 0 aliphatic heterocycles. The lowest BCUT2D eigenvalue weighted by atomic mass is 10.1. The second-order valence-corrected chi connectivity index (χ2v) is 9.04. The van der Waals surface area contributed by atoms with Crippen molar-refractivity contribution in [3.05, 3.63) is 65.7 Å². The molecular formula is C21H28N2O3S. The maximum Gasteiger partial charge on any atom is 0.243 e. The molecule has 0 saturated heterocycles. The van der Waals surface area contributed by atoms with E-state index in [9.17, 15) is 13.2 Å². The minimum atomic E-state index is -3.77. The number of aryl methyl sites for hydroxylation is 1. The molecule has 0 bridgehead atoms. The molecule has 27 heavy (non-hydrogen) atoms. The SMILES string of the molecule is Cc1ccc(CN(CC(=O)NCCC(C)C)S(=O)(=O)c2ccccc2)cc1.